The lowest BCUT2D eigenvalue weighted by Crippen LogP contribution is -2.50. The van der Waals surface area contributed by atoms with Crippen LogP contribution in [0.4, 0.5) is 36.4 Å². The molecule has 30 heavy (non-hydrogen) atoms. The Balaban J connectivity index is 3.03. The Hall–Kier alpha value is -2.36. The number of non-ortho nitro benzene ring substituents is 1. The monoisotopic (exact) mass is 456 g/mol. The number of nitro groups is 1. The second-order valence-electron chi connectivity index (χ2n) is 6.34. The summed E-state index contributed by atoms with van der Waals surface area (Å²) in [6, 6.07) is 5.69. The Morgan fingerprint density at radius 2 is 1.57 bits per heavy atom. The van der Waals surface area contributed by atoms with Gasteiger partial charge >= 0.3 is 18.0 Å². The Morgan fingerprint density at radius 1 is 1.00 bits per heavy atom. The minimum Gasteiger partial charge on any atom is -0.258 e. The molecule has 0 amide bonds. The number of nitro benzene ring substituents is 1. The first kappa shape index (κ1) is 23.9. The molecule has 2 rings (SSSR count). The number of nitrogens with zero attached hydrogens (tertiary/aromatic N) is 1. The molecule has 0 heterocycles. The number of hydrogen-bond donors (Lipinski definition) is 0. The second-order valence-corrected chi connectivity index (χ2v) is 6.75. The molecule has 163 valence electrons. The van der Waals surface area contributed by atoms with E-state index in [1.807, 2.05) is 0 Å². The summed E-state index contributed by atoms with van der Waals surface area (Å²) < 4.78 is 96.0. The van der Waals surface area contributed by atoms with Crippen LogP contribution in [0.15, 0.2) is 24.3 Å². The van der Waals surface area contributed by atoms with Crippen molar-refractivity contribution >= 4 is 17.3 Å². The third-order valence-corrected chi connectivity index (χ3v) is 4.83. The quantitative estimate of drug-likeness (QED) is 0.273. The third kappa shape index (κ3) is 3.97. The van der Waals surface area contributed by atoms with Crippen molar-refractivity contribution < 1.29 is 35.7 Å². The standard InChI is InChI=1S/C19H14ClF7NO2/c1-3-10-7-11(4-2)16(13-6-5-12(28(29)30)9-15(13)20)14(8-10)17(21,18(22,23)24)19(25,26)27/h5-6,8-9H,3-4H2,1-2H3. The van der Waals surface area contributed by atoms with E-state index < -0.39 is 50.3 Å². The molecule has 0 bridgehead atoms. The van der Waals surface area contributed by atoms with Gasteiger partial charge in [0.15, 0.2) is 0 Å². The lowest BCUT2D eigenvalue weighted by Gasteiger charge is -2.33. The normalized spacial score (nSPS) is 12.9. The van der Waals surface area contributed by atoms with Crippen molar-refractivity contribution in [1.29, 1.82) is 0 Å². The molecular formula is C19H14ClF7NO2. The van der Waals surface area contributed by atoms with Crippen molar-refractivity contribution in [2.45, 2.75) is 44.7 Å². The van der Waals surface area contributed by atoms with Crippen molar-refractivity contribution in [1.82, 2.24) is 0 Å². The zero-order valence-corrected chi connectivity index (χ0v) is 16.3. The van der Waals surface area contributed by atoms with Gasteiger partial charge in [0.05, 0.1) is 9.95 Å². The van der Waals surface area contributed by atoms with Crippen molar-refractivity contribution in [3.05, 3.63) is 62.2 Å². The smallest absolute Gasteiger partial charge is 0.258 e. The zero-order chi connectivity index (χ0) is 23.1. The molecule has 2 aromatic carbocycles. The average molecular weight is 457 g/mol. The number of rotatable bonds is 5. The van der Waals surface area contributed by atoms with Gasteiger partial charge in [-0.1, -0.05) is 31.5 Å². The van der Waals surface area contributed by atoms with E-state index in [4.69, 9.17) is 11.6 Å². The van der Waals surface area contributed by atoms with Crippen LogP contribution < -0.4 is 0 Å². The highest BCUT2D eigenvalue weighted by atomic mass is 35.5. The lowest BCUT2D eigenvalue weighted by molar-refractivity contribution is -0.384. The van der Waals surface area contributed by atoms with Crippen LogP contribution in [0.3, 0.4) is 0 Å². The van der Waals surface area contributed by atoms with Gasteiger partial charge in [-0.3, -0.25) is 10.1 Å². The van der Waals surface area contributed by atoms with Crippen LogP contribution in [-0.2, 0) is 18.5 Å². The maximum Gasteiger partial charge on any atom is 0.435 e. The highest BCUT2D eigenvalue weighted by Gasteiger charge is 2.74. The van der Waals surface area contributed by atoms with E-state index in [0.29, 0.717) is 6.07 Å². The highest BCUT2D eigenvalue weighted by Crippen LogP contribution is 2.56. The van der Waals surface area contributed by atoms with Gasteiger partial charge in [0, 0.05) is 23.3 Å². The summed E-state index contributed by atoms with van der Waals surface area (Å²) in [5, 5.41) is 10.4. The maximum atomic E-state index is 15.0. The van der Waals surface area contributed by atoms with Crippen LogP contribution >= 0.6 is 11.6 Å². The van der Waals surface area contributed by atoms with Gasteiger partial charge < -0.3 is 0 Å². The van der Waals surface area contributed by atoms with Gasteiger partial charge in [0.2, 0.25) is 0 Å². The van der Waals surface area contributed by atoms with E-state index in [0.717, 1.165) is 18.2 Å². The minimum absolute atomic E-state index is 0.0000674. The summed E-state index contributed by atoms with van der Waals surface area (Å²) in [7, 11) is 0. The van der Waals surface area contributed by atoms with E-state index in [2.05, 4.69) is 6.07 Å². The van der Waals surface area contributed by atoms with Crippen LogP contribution in [0, 0.1) is 16.2 Å². The van der Waals surface area contributed by atoms with Crippen LogP contribution in [0.25, 0.3) is 11.1 Å². The summed E-state index contributed by atoms with van der Waals surface area (Å²) in [6.07, 6.45) is -12.7. The molecule has 0 aliphatic rings. The van der Waals surface area contributed by atoms with Gasteiger partial charge in [-0.05, 0) is 41.7 Å². The number of halogens is 8. The fourth-order valence-corrected chi connectivity index (χ4v) is 3.29. The van der Waals surface area contributed by atoms with Crippen LogP contribution in [0.1, 0.15) is 30.5 Å². The Kier molecular flexibility index (Phi) is 6.42. The number of hydrogen-bond acceptors (Lipinski definition) is 2. The number of benzene rings is 2. The van der Waals surface area contributed by atoms with Crippen LogP contribution in [-0.4, -0.2) is 17.3 Å². The van der Waals surface area contributed by atoms with Gasteiger partial charge in [0.25, 0.3) is 5.69 Å². The Labute approximate surface area is 171 Å². The second kappa shape index (κ2) is 8.05. The van der Waals surface area contributed by atoms with Gasteiger partial charge in [0.1, 0.15) is 0 Å². The molecule has 0 saturated heterocycles. The van der Waals surface area contributed by atoms with E-state index in [-0.39, 0.29) is 24.0 Å². The molecule has 0 fully saturated rings. The SMILES string of the molecule is CCc1[c]c(CC)c(-c2ccc([N+](=O)[O-])cc2Cl)c(C(F)(C(F)(F)F)C(F)(F)F)c1. The maximum absolute atomic E-state index is 15.0. The molecule has 0 N–H and O–H groups in total. The fraction of sp³-hybridized carbons (Fsp3) is 0.368. The van der Waals surface area contributed by atoms with E-state index in [1.165, 1.54) is 13.8 Å². The van der Waals surface area contributed by atoms with Crippen molar-refractivity contribution in [3.8, 4) is 11.1 Å². The molecule has 0 unspecified atom stereocenters. The molecule has 11 heteroatoms. The Bertz CT molecular complexity index is 957. The topological polar surface area (TPSA) is 43.1 Å². The summed E-state index contributed by atoms with van der Waals surface area (Å²) >= 11 is 5.96. The summed E-state index contributed by atoms with van der Waals surface area (Å²) in [5.74, 6) is 0. The molecule has 3 nitrogen and oxygen atoms in total. The van der Waals surface area contributed by atoms with E-state index in [9.17, 15) is 36.5 Å². The summed E-state index contributed by atoms with van der Waals surface area (Å²) in [6.45, 7) is 2.91. The molecule has 0 aromatic heterocycles. The lowest BCUT2D eigenvalue weighted by atomic mass is 9.82. The van der Waals surface area contributed by atoms with Gasteiger partial charge in [-0.15, -0.1) is 0 Å². The van der Waals surface area contributed by atoms with Crippen LogP contribution in [0.5, 0.6) is 0 Å². The summed E-state index contributed by atoms with van der Waals surface area (Å²) in [5.41, 5.74) is -9.23. The summed E-state index contributed by atoms with van der Waals surface area (Å²) in [4.78, 5) is 10.0. The third-order valence-electron chi connectivity index (χ3n) is 4.52. The molecular weight excluding hydrogens is 443 g/mol. The van der Waals surface area contributed by atoms with Gasteiger partial charge in [-0.2, -0.15) is 26.3 Å². The molecule has 0 aliphatic heterocycles. The molecule has 0 aliphatic carbocycles. The molecule has 0 atom stereocenters. The fourth-order valence-electron chi connectivity index (χ4n) is 3.02. The Morgan fingerprint density at radius 3 is 1.97 bits per heavy atom. The van der Waals surface area contributed by atoms with E-state index in [1.54, 1.807) is 0 Å². The predicted molar refractivity (Wildman–Crippen MR) is 96.0 cm³/mol. The van der Waals surface area contributed by atoms with Crippen molar-refractivity contribution in [3.63, 3.8) is 0 Å². The molecule has 1 radical (unpaired) electrons. The molecule has 0 spiro atoms. The van der Waals surface area contributed by atoms with E-state index >= 15 is 4.39 Å². The highest BCUT2D eigenvalue weighted by molar-refractivity contribution is 6.33. The first-order valence-corrected chi connectivity index (χ1v) is 8.92. The largest absolute Gasteiger partial charge is 0.435 e. The minimum atomic E-state index is -6.33. The first-order chi connectivity index (χ1) is 13.7. The van der Waals surface area contributed by atoms with Gasteiger partial charge in [-0.25, -0.2) is 4.39 Å². The molecule has 0 saturated carbocycles. The first-order valence-electron chi connectivity index (χ1n) is 8.54. The molecule has 2 aromatic rings. The van der Waals surface area contributed by atoms with Crippen molar-refractivity contribution in [2.75, 3.05) is 0 Å². The number of alkyl halides is 7. The average Bonchev–Trinajstić information content (AvgIpc) is 2.64. The number of aryl methyl sites for hydroxylation is 2. The van der Waals surface area contributed by atoms with Crippen LogP contribution in [0.2, 0.25) is 5.02 Å². The van der Waals surface area contributed by atoms with Crippen molar-refractivity contribution in [2.24, 2.45) is 0 Å². The zero-order valence-electron chi connectivity index (χ0n) is 15.5. The predicted octanol–water partition coefficient (Wildman–Crippen LogP) is 7.13.